The summed E-state index contributed by atoms with van der Waals surface area (Å²) in [5, 5.41) is 0. The van der Waals surface area contributed by atoms with Gasteiger partial charge in [0.05, 0.1) is 90.9 Å². The predicted molar refractivity (Wildman–Crippen MR) is 98.1 cm³/mol. The minimum Gasteiger partial charge on any atom is -0.749 e. The molecule has 0 radical (unpaired) electrons. The van der Waals surface area contributed by atoms with Crippen molar-refractivity contribution in [1.29, 1.82) is 0 Å². The van der Waals surface area contributed by atoms with Gasteiger partial charge in [-0.3, -0.25) is 9.59 Å². The fourth-order valence-corrected chi connectivity index (χ4v) is 1.70. The van der Waals surface area contributed by atoms with E-state index in [1.807, 2.05) is 0 Å². The molecule has 33 heteroatoms. The second-order valence-corrected chi connectivity index (χ2v) is 9.69. The first-order chi connectivity index (χ1) is 15.6. The van der Waals surface area contributed by atoms with E-state index < -0.39 is 112 Å². The first-order valence-corrected chi connectivity index (χ1v) is 14.9. The van der Waals surface area contributed by atoms with Crippen molar-refractivity contribution in [2.45, 2.75) is 0 Å². The highest BCUT2D eigenvalue weighted by atomic mass is 32.3. The van der Waals surface area contributed by atoms with Crippen LogP contribution in [0.5, 0.6) is 0 Å². The first kappa shape index (κ1) is 45.0. The largest absolute Gasteiger partial charge is 0.749 e. The van der Waals surface area contributed by atoms with Crippen molar-refractivity contribution in [2.24, 2.45) is 0 Å². The maximum absolute atomic E-state index is 9.63. The third-order valence-corrected chi connectivity index (χ3v) is 4.80. The zero-order chi connectivity index (χ0) is 29.4. The fourth-order valence-electron chi connectivity index (χ4n) is 0.204. The van der Waals surface area contributed by atoms with Gasteiger partial charge in [-0.25, -0.2) is 56.6 Å². The van der Waals surface area contributed by atoms with Gasteiger partial charge in [0.25, 0.3) is 9.84 Å². The summed E-state index contributed by atoms with van der Waals surface area (Å²) in [7, 11) is -4.02. The number of sulfone groups is 1. The topological polar surface area (TPSA) is 426 Å². The third kappa shape index (κ3) is 71.9. The molecule has 0 rings (SSSR count). The zero-order valence-electron chi connectivity index (χ0n) is 14.6. The standard InChI is InChI=1S/C2H2O4S.4H2O5S2/c3-1-7(5,6)2-4;4*1-6(2)5-7(3)4/h1-2H;4*(H,1,2)(H,3,4)/p-8. The molecule has 0 aliphatic heterocycles. The van der Waals surface area contributed by atoms with Crippen molar-refractivity contribution >= 4 is 112 Å². The molecule has 0 N–H and O–H groups in total. The van der Waals surface area contributed by atoms with Crippen LogP contribution in [0.15, 0.2) is 0 Å². The molecule has 0 aromatic heterocycles. The van der Waals surface area contributed by atoms with Crippen LogP contribution in [0.2, 0.25) is 0 Å². The molecule has 0 heterocycles. The molecule has 0 aromatic rings. The van der Waals surface area contributed by atoms with E-state index in [-0.39, 0.29) is 0 Å². The molecule has 35 heavy (non-hydrogen) atoms. The van der Waals surface area contributed by atoms with Gasteiger partial charge < -0.3 is 36.4 Å². The molecule has 0 saturated carbocycles. The second kappa shape index (κ2) is 28.6. The zero-order valence-corrected chi connectivity index (χ0v) is 22.0. The number of hydrogen-bond donors (Lipinski definition) is 0. The molecule has 0 fully saturated rings. The van der Waals surface area contributed by atoms with Crippen LogP contribution in [0.3, 0.4) is 0 Å². The van der Waals surface area contributed by atoms with Crippen LogP contribution in [-0.4, -0.2) is 89.7 Å². The first-order valence-electron chi connectivity index (χ1n) is 5.28. The quantitative estimate of drug-likeness (QED) is 0.151. The SMILES string of the molecule is O=CS(=O)(=O)C=O.O=S([O-])OS(=O)[O-].O=S([O-])OS(=O)[O-].O=S([O-])OS(=O)[O-].O=S([O-])OS(=O)[O-]. The minimum atomic E-state index is -4.02. The van der Waals surface area contributed by atoms with Crippen LogP contribution in [0.25, 0.3) is 0 Å². The van der Waals surface area contributed by atoms with E-state index in [2.05, 4.69) is 14.5 Å². The lowest BCUT2D eigenvalue weighted by atomic mass is 11.8. The van der Waals surface area contributed by atoms with Gasteiger partial charge in [-0.2, -0.15) is 0 Å². The van der Waals surface area contributed by atoms with Gasteiger partial charge in [0.1, 0.15) is 0 Å². The molecule has 0 unspecified atom stereocenters. The molecular weight excluding hydrogens is 697 g/mol. The summed E-state index contributed by atoms with van der Waals surface area (Å²) in [6, 6.07) is 0. The van der Waals surface area contributed by atoms with Crippen LogP contribution >= 0.6 is 0 Å². The summed E-state index contributed by atoms with van der Waals surface area (Å²) < 4.78 is 179. The minimum absolute atomic E-state index is 0.403. The van der Waals surface area contributed by atoms with E-state index in [1.165, 1.54) is 0 Å². The van der Waals surface area contributed by atoms with Gasteiger partial charge in [0, 0.05) is 0 Å². The molecule has 0 aliphatic carbocycles. The number of carbonyl (C=O) groups excluding carboxylic acids is 2. The molecule has 0 bridgehead atoms. The van der Waals surface area contributed by atoms with E-state index in [1.54, 1.807) is 0 Å². The van der Waals surface area contributed by atoms with Crippen LogP contribution in [0.4, 0.5) is 0 Å². The number of rotatable bonds is 10. The lowest BCUT2D eigenvalue weighted by molar-refractivity contribution is 0.404. The van der Waals surface area contributed by atoms with Crippen LogP contribution < -0.4 is 0 Å². The molecule has 0 saturated heterocycles. The van der Waals surface area contributed by atoms with Crippen molar-refractivity contribution in [3.63, 3.8) is 0 Å². The van der Waals surface area contributed by atoms with Crippen molar-refractivity contribution in [2.75, 3.05) is 0 Å². The average Bonchev–Trinajstić information content (AvgIpc) is 2.59. The Balaban J connectivity index is -0.000000107. The maximum atomic E-state index is 9.63. The predicted octanol–water partition coefficient (Wildman–Crippen LogP) is -6.85. The van der Waals surface area contributed by atoms with E-state index in [4.69, 9.17) is 0 Å². The van der Waals surface area contributed by atoms with Crippen LogP contribution in [-0.2, 0) is 125 Å². The Morgan fingerprint density at radius 3 is 0.514 bits per heavy atom. The summed E-state index contributed by atoms with van der Waals surface area (Å²) in [6.45, 7) is 0. The maximum Gasteiger partial charge on any atom is 0.267 e. The normalized spacial score (nSPS) is 16.9. The van der Waals surface area contributed by atoms with Crippen molar-refractivity contribution in [3.8, 4) is 0 Å². The Labute approximate surface area is 213 Å². The van der Waals surface area contributed by atoms with E-state index in [9.17, 15) is 88.1 Å². The number of carbonyl (C=O) groups is 2. The Morgan fingerprint density at radius 2 is 0.514 bits per heavy atom. The smallest absolute Gasteiger partial charge is 0.267 e. The lowest BCUT2D eigenvalue weighted by Crippen LogP contribution is -1.99. The van der Waals surface area contributed by atoms with Crippen molar-refractivity contribution < 1.29 is 103 Å². The third-order valence-electron chi connectivity index (χ3n) is 0.713. The summed E-state index contributed by atoms with van der Waals surface area (Å²) in [4.78, 5) is 18.5. The van der Waals surface area contributed by atoms with Gasteiger partial charge >= 0.3 is 0 Å². The second-order valence-electron chi connectivity index (χ2n) is 2.69. The summed E-state index contributed by atoms with van der Waals surface area (Å²) in [5.74, 6) is 0. The molecule has 0 amide bonds. The van der Waals surface area contributed by atoms with Gasteiger partial charge in [-0.1, -0.05) is 0 Å². The Hall–Kier alpha value is 0.01000. The molecular formula is C2H2O24S9-8. The summed E-state index contributed by atoms with van der Waals surface area (Å²) in [6.07, 6.45) is 0. The Morgan fingerprint density at radius 1 is 0.400 bits per heavy atom. The summed E-state index contributed by atoms with van der Waals surface area (Å²) >= 11 is -23.7. The molecule has 0 aromatic carbocycles. The molecule has 24 nitrogen and oxygen atoms in total. The van der Waals surface area contributed by atoms with Gasteiger partial charge in [-0.05, 0) is 0 Å². The molecule has 216 valence electrons. The van der Waals surface area contributed by atoms with Crippen molar-refractivity contribution in [3.05, 3.63) is 0 Å². The highest BCUT2D eigenvalue weighted by Gasteiger charge is 2.01. The van der Waals surface area contributed by atoms with Gasteiger partial charge in [0.2, 0.25) is 11.2 Å². The molecule has 0 spiro atoms. The fraction of sp³-hybridized carbons (Fsp3) is 0. The monoisotopic (exact) mass is 698 g/mol. The van der Waals surface area contributed by atoms with Gasteiger partial charge in [0.15, 0.2) is 0 Å². The van der Waals surface area contributed by atoms with E-state index in [0.29, 0.717) is 0 Å². The van der Waals surface area contributed by atoms with Crippen molar-refractivity contribution in [1.82, 2.24) is 0 Å². The van der Waals surface area contributed by atoms with Crippen LogP contribution in [0.1, 0.15) is 0 Å². The molecule has 0 atom stereocenters. The Kier molecular flexibility index (Phi) is 36.7. The van der Waals surface area contributed by atoms with E-state index >= 15 is 0 Å². The average molecular weight is 699 g/mol. The highest BCUT2D eigenvalue weighted by Crippen LogP contribution is 1.81. The summed E-state index contributed by atoms with van der Waals surface area (Å²) in [5.41, 5.74) is -0.806. The van der Waals surface area contributed by atoms with E-state index in [0.717, 1.165) is 0 Å². The van der Waals surface area contributed by atoms with Gasteiger partial charge in [-0.15, -0.1) is 0 Å². The lowest BCUT2D eigenvalue weighted by Gasteiger charge is -2.04. The molecule has 0 aliphatic rings. The highest BCUT2D eigenvalue weighted by molar-refractivity contribution is 8.15. The Bertz CT molecular complexity index is 715. The van der Waals surface area contributed by atoms with Crippen LogP contribution in [0, 0.1) is 0 Å². The number of hydrogen-bond acceptors (Lipinski definition) is 24.